The van der Waals surface area contributed by atoms with Gasteiger partial charge < -0.3 is 26.1 Å². The number of oxime groups is 1. The second kappa shape index (κ2) is 11.3. The highest BCUT2D eigenvalue weighted by molar-refractivity contribution is 7.99. The normalized spacial score (nSPS) is 21.0. The van der Waals surface area contributed by atoms with E-state index in [9.17, 15) is 33.6 Å². The molecule has 4 rings (SSSR count). The first-order chi connectivity index (χ1) is 18.8. The van der Waals surface area contributed by atoms with Gasteiger partial charge in [-0.25, -0.2) is 19.1 Å². The fourth-order valence-electron chi connectivity index (χ4n) is 3.73. The Morgan fingerprint density at radius 1 is 1.35 bits per heavy atom. The maximum absolute atomic E-state index is 13.2. The van der Waals surface area contributed by atoms with E-state index in [-0.39, 0.29) is 28.0 Å². The zero-order chi connectivity index (χ0) is 29.4. The lowest BCUT2D eigenvalue weighted by Gasteiger charge is -2.49. The van der Waals surface area contributed by atoms with Crippen LogP contribution in [0.15, 0.2) is 51.2 Å². The summed E-state index contributed by atoms with van der Waals surface area (Å²) in [5.74, 6) is -4.33. The Hall–Kier alpha value is -3.83. The van der Waals surface area contributed by atoms with Crippen LogP contribution in [0.3, 0.4) is 0 Å². The number of thioether (sulfide) groups is 1. The Balaban J connectivity index is 1.56. The predicted molar refractivity (Wildman–Crippen MR) is 144 cm³/mol. The highest BCUT2D eigenvalue weighted by Gasteiger charge is 2.57. The molecule has 212 valence electrons. The molecular weight excluding hydrogens is 584 g/mol. The molecule has 2 aliphatic rings. The van der Waals surface area contributed by atoms with E-state index in [1.54, 1.807) is 0 Å². The number of nitrogens with one attached hydrogen (secondary N) is 1. The standard InChI is InChI=1S/C23H24N6O8S3/c1-23(2,21(34)35)37-27-14(13-9-39-22(24)25-13)17(30)26-15-18(31)29-16(20(32)33)11(10-40(36)19(15)29)8-38-12-4-6-28(3)7-5-12/h4-7,9,15,19H,8,10H2,1-3H3,(H4-,24,25,26,30,32,33,34,35)/p+1/b27-14+/t15-,19-,40?/m1/s1. The number of aryl methyl sites for hydroxylation is 1. The van der Waals surface area contributed by atoms with Gasteiger partial charge in [0.15, 0.2) is 23.2 Å². The summed E-state index contributed by atoms with van der Waals surface area (Å²) in [6.07, 6.45) is 3.67. The van der Waals surface area contributed by atoms with Crippen molar-refractivity contribution in [1.82, 2.24) is 15.2 Å². The highest BCUT2D eigenvalue weighted by Crippen LogP contribution is 2.36. The van der Waals surface area contributed by atoms with Crippen LogP contribution >= 0.6 is 23.1 Å². The van der Waals surface area contributed by atoms with Crippen molar-refractivity contribution < 1.29 is 43.0 Å². The van der Waals surface area contributed by atoms with Crippen LogP contribution in [0.4, 0.5) is 5.13 Å². The van der Waals surface area contributed by atoms with E-state index in [4.69, 9.17) is 10.6 Å². The van der Waals surface area contributed by atoms with E-state index >= 15 is 0 Å². The molecular formula is C23H25N6O8S3+. The molecule has 0 saturated carbocycles. The number of nitrogen functional groups attached to an aromatic ring is 1. The van der Waals surface area contributed by atoms with Crippen LogP contribution in [0.5, 0.6) is 0 Å². The maximum atomic E-state index is 13.2. The minimum absolute atomic E-state index is 0.0329. The molecule has 2 amide bonds. The third kappa shape index (κ3) is 5.85. The van der Waals surface area contributed by atoms with E-state index < -0.39 is 57.3 Å². The molecule has 0 aliphatic carbocycles. The number of hydrogen-bond donors (Lipinski definition) is 4. The maximum Gasteiger partial charge on any atom is 0.352 e. The second-order valence-electron chi connectivity index (χ2n) is 9.24. The van der Waals surface area contributed by atoms with E-state index in [1.165, 1.54) is 31.0 Å². The number of rotatable bonds is 10. The van der Waals surface area contributed by atoms with E-state index in [0.29, 0.717) is 5.57 Å². The number of β-lactam (4-membered cyclic amide) rings is 1. The number of carboxylic acid groups (broad SMARTS) is 2. The molecule has 1 unspecified atom stereocenters. The molecule has 0 spiro atoms. The van der Waals surface area contributed by atoms with Gasteiger partial charge in [0.05, 0.1) is 16.6 Å². The monoisotopic (exact) mass is 609 g/mol. The van der Waals surface area contributed by atoms with Gasteiger partial charge in [0.2, 0.25) is 5.60 Å². The fraction of sp³-hybridized carbons (Fsp3) is 0.348. The van der Waals surface area contributed by atoms with Gasteiger partial charge in [0.25, 0.3) is 11.8 Å². The zero-order valence-corrected chi connectivity index (χ0v) is 23.8. The van der Waals surface area contributed by atoms with E-state index in [2.05, 4.69) is 15.5 Å². The third-order valence-electron chi connectivity index (χ3n) is 5.91. The van der Waals surface area contributed by atoms with Crippen molar-refractivity contribution in [2.24, 2.45) is 12.2 Å². The lowest BCUT2D eigenvalue weighted by atomic mass is 10.0. The molecule has 3 atom stereocenters. The van der Waals surface area contributed by atoms with Gasteiger partial charge in [-0.2, -0.15) is 0 Å². The number of anilines is 1. The molecule has 1 fully saturated rings. The van der Waals surface area contributed by atoms with Crippen LogP contribution in [-0.4, -0.2) is 82.3 Å². The van der Waals surface area contributed by atoms with Gasteiger partial charge in [-0.05, 0) is 19.4 Å². The van der Waals surface area contributed by atoms with Crippen molar-refractivity contribution in [3.8, 4) is 0 Å². The predicted octanol–water partition coefficient (Wildman–Crippen LogP) is -0.320. The number of carbonyl (C=O) groups excluding carboxylic acids is 2. The van der Waals surface area contributed by atoms with Gasteiger partial charge in [0.1, 0.15) is 29.9 Å². The number of aliphatic carboxylic acids is 2. The van der Waals surface area contributed by atoms with Crippen LogP contribution in [0.2, 0.25) is 0 Å². The van der Waals surface area contributed by atoms with Crippen LogP contribution in [-0.2, 0) is 41.9 Å². The zero-order valence-electron chi connectivity index (χ0n) is 21.4. The molecule has 40 heavy (non-hydrogen) atoms. The number of carbonyl (C=O) groups is 4. The second-order valence-corrected chi connectivity index (χ2v) is 12.7. The molecule has 1 saturated heterocycles. The third-order valence-corrected chi connectivity index (χ3v) is 9.34. The van der Waals surface area contributed by atoms with Crippen molar-refractivity contribution in [3.05, 3.63) is 46.9 Å². The molecule has 4 heterocycles. The van der Waals surface area contributed by atoms with Gasteiger partial charge in [-0.1, -0.05) is 5.16 Å². The van der Waals surface area contributed by atoms with Crippen molar-refractivity contribution in [1.29, 1.82) is 0 Å². The summed E-state index contributed by atoms with van der Waals surface area (Å²) < 4.78 is 15.0. The number of nitrogens with two attached hydrogens (primary N) is 1. The quantitative estimate of drug-likeness (QED) is 0.0903. The summed E-state index contributed by atoms with van der Waals surface area (Å²) in [5.41, 5.74) is 3.44. The van der Waals surface area contributed by atoms with E-state index in [1.807, 2.05) is 36.1 Å². The van der Waals surface area contributed by atoms with Crippen LogP contribution in [0.1, 0.15) is 19.5 Å². The smallest absolute Gasteiger partial charge is 0.352 e. The molecule has 0 bridgehead atoms. The Morgan fingerprint density at radius 2 is 2.02 bits per heavy atom. The van der Waals surface area contributed by atoms with Crippen LogP contribution in [0.25, 0.3) is 0 Å². The average molecular weight is 610 g/mol. The summed E-state index contributed by atoms with van der Waals surface area (Å²) in [4.78, 5) is 60.7. The first-order valence-corrected chi connectivity index (χ1v) is 14.8. The molecule has 2 aromatic rings. The van der Waals surface area contributed by atoms with Crippen LogP contribution in [0, 0.1) is 0 Å². The number of nitrogens with zero attached hydrogens (tertiary/aromatic N) is 4. The number of pyridine rings is 1. The SMILES string of the molecule is C[n+]1ccc(SCC2=C(C(=O)O)N3C(=O)[C@@H](NC(=O)/C(=N/OC(C)(C)C(=O)O)c4csc(N)n4)[C@H]3S(=O)C2)cc1. The van der Waals surface area contributed by atoms with Crippen molar-refractivity contribution >= 4 is 68.5 Å². The Morgan fingerprint density at radius 3 is 2.60 bits per heavy atom. The number of aromatic nitrogens is 2. The van der Waals surface area contributed by atoms with Crippen molar-refractivity contribution in [2.45, 2.75) is 35.8 Å². The number of fused-ring (bicyclic) bond motifs is 1. The van der Waals surface area contributed by atoms with Crippen LogP contribution < -0.4 is 15.6 Å². The Labute approximate surface area is 238 Å². The van der Waals surface area contributed by atoms with E-state index in [0.717, 1.165) is 21.1 Å². The Bertz CT molecular complexity index is 1470. The average Bonchev–Trinajstić information content (AvgIpc) is 3.31. The summed E-state index contributed by atoms with van der Waals surface area (Å²) in [7, 11) is 0.128. The molecule has 17 heteroatoms. The highest BCUT2D eigenvalue weighted by atomic mass is 32.2. The molecule has 5 N–H and O–H groups in total. The largest absolute Gasteiger partial charge is 0.478 e. The first-order valence-electron chi connectivity index (χ1n) is 11.6. The summed E-state index contributed by atoms with van der Waals surface area (Å²) in [6.45, 7) is 2.44. The molecule has 2 aliphatic heterocycles. The number of thiazole rings is 1. The summed E-state index contributed by atoms with van der Waals surface area (Å²) in [6, 6.07) is 2.38. The lowest BCUT2D eigenvalue weighted by molar-refractivity contribution is -0.671. The number of hydrogen-bond acceptors (Lipinski definition) is 11. The minimum Gasteiger partial charge on any atom is -0.478 e. The number of amides is 2. The number of carboxylic acids is 2. The summed E-state index contributed by atoms with van der Waals surface area (Å²) >= 11 is 2.34. The van der Waals surface area contributed by atoms with Gasteiger partial charge in [-0.3, -0.25) is 18.7 Å². The molecule has 0 aromatic carbocycles. The fourth-order valence-corrected chi connectivity index (χ4v) is 6.98. The molecule has 0 radical (unpaired) electrons. The minimum atomic E-state index is -1.80. The molecule has 2 aromatic heterocycles. The van der Waals surface area contributed by atoms with Crippen molar-refractivity contribution in [2.75, 3.05) is 17.2 Å². The van der Waals surface area contributed by atoms with Gasteiger partial charge in [0, 0.05) is 28.2 Å². The van der Waals surface area contributed by atoms with Gasteiger partial charge >= 0.3 is 11.9 Å². The first kappa shape index (κ1) is 29.2. The Kier molecular flexibility index (Phi) is 8.27. The molecule has 14 nitrogen and oxygen atoms in total. The topological polar surface area (TPSA) is 205 Å². The van der Waals surface area contributed by atoms with Crippen molar-refractivity contribution in [3.63, 3.8) is 0 Å². The lowest BCUT2D eigenvalue weighted by Crippen LogP contribution is -2.74. The van der Waals surface area contributed by atoms with Gasteiger partial charge in [-0.15, -0.1) is 23.1 Å². The summed E-state index contributed by atoms with van der Waals surface area (Å²) in [5, 5.41) is 25.7.